The molecule has 5 nitrogen and oxygen atoms in total. The van der Waals surface area contributed by atoms with Gasteiger partial charge in [0, 0.05) is 5.39 Å². The summed E-state index contributed by atoms with van der Waals surface area (Å²) in [7, 11) is -2.16. The Morgan fingerprint density at radius 1 is 0.963 bits per heavy atom. The van der Waals surface area contributed by atoms with Crippen molar-refractivity contribution in [2.45, 2.75) is 17.4 Å². The Balaban J connectivity index is 1.88. The molecule has 3 aromatic carbocycles. The predicted octanol–water partition coefficient (Wildman–Crippen LogP) is 3.20. The molecule has 3 rings (SSSR count). The number of rotatable bonds is 7. The van der Waals surface area contributed by atoms with Crippen LogP contribution in [0.4, 0.5) is 0 Å². The number of aliphatic carboxylic acids is 1. The van der Waals surface area contributed by atoms with E-state index in [2.05, 4.69) is 0 Å². The molecule has 1 atom stereocenters. The molecule has 0 saturated heterocycles. The summed E-state index contributed by atoms with van der Waals surface area (Å²) in [6.45, 7) is 0. The first kappa shape index (κ1) is 19.1. The van der Waals surface area contributed by atoms with Gasteiger partial charge in [0.25, 0.3) is 0 Å². The van der Waals surface area contributed by atoms with Crippen molar-refractivity contribution in [1.29, 1.82) is 0 Å². The number of sulfone groups is 1. The van der Waals surface area contributed by atoms with Gasteiger partial charge in [-0.1, -0.05) is 66.7 Å². The zero-order valence-electron chi connectivity index (χ0n) is 14.9. The Labute approximate surface area is 158 Å². The lowest BCUT2D eigenvalue weighted by Gasteiger charge is -2.24. The van der Waals surface area contributed by atoms with Gasteiger partial charge in [0.05, 0.1) is 4.90 Å². The zero-order valence-corrected chi connectivity index (χ0v) is 15.8. The quantitative estimate of drug-likeness (QED) is 0.678. The highest BCUT2D eigenvalue weighted by molar-refractivity contribution is 7.91. The van der Waals surface area contributed by atoms with E-state index in [1.807, 2.05) is 48.5 Å². The van der Waals surface area contributed by atoms with E-state index in [-0.39, 0.29) is 17.2 Å². The van der Waals surface area contributed by atoms with E-state index in [9.17, 15) is 18.3 Å². The lowest BCUT2D eigenvalue weighted by Crippen LogP contribution is -2.42. The van der Waals surface area contributed by atoms with Crippen LogP contribution in [-0.4, -0.2) is 43.4 Å². The monoisotopic (exact) mass is 383 g/mol. The normalized spacial score (nSPS) is 13.0. The number of carboxylic acids is 1. The van der Waals surface area contributed by atoms with Crippen molar-refractivity contribution in [1.82, 2.24) is 4.90 Å². The Morgan fingerprint density at radius 2 is 1.59 bits per heavy atom. The fourth-order valence-electron chi connectivity index (χ4n) is 3.16. The van der Waals surface area contributed by atoms with Crippen molar-refractivity contribution in [3.8, 4) is 0 Å². The van der Waals surface area contributed by atoms with Crippen molar-refractivity contribution in [2.75, 3.05) is 12.9 Å². The first-order valence-electron chi connectivity index (χ1n) is 8.56. The molecule has 0 aliphatic heterocycles. The molecule has 0 heterocycles. The van der Waals surface area contributed by atoms with Crippen LogP contribution >= 0.6 is 0 Å². The third kappa shape index (κ3) is 4.35. The molecule has 3 aromatic rings. The molecular formula is C21H21NO4S. The van der Waals surface area contributed by atoms with Crippen molar-refractivity contribution in [3.63, 3.8) is 0 Å². The smallest absolute Gasteiger partial charge is 0.321 e. The molecule has 0 saturated carbocycles. The van der Waals surface area contributed by atoms with Crippen LogP contribution in [0.1, 0.15) is 5.56 Å². The van der Waals surface area contributed by atoms with Crippen LogP contribution in [0.25, 0.3) is 10.8 Å². The van der Waals surface area contributed by atoms with Crippen LogP contribution in [0.2, 0.25) is 0 Å². The minimum Gasteiger partial charge on any atom is -0.480 e. The molecular weight excluding hydrogens is 362 g/mol. The van der Waals surface area contributed by atoms with E-state index < -0.39 is 21.8 Å². The van der Waals surface area contributed by atoms with E-state index in [1.165, 1.54) is 11.9 Å². The lowest BCUT2D eigenvalue weighted by atomic mass is 10.1. The van der Waals surface area contributed by atoms with Crippen molar-refractivity contribution >= 4 is 26.6 Å². The number of likely N-dealkylation sites (N-methyl/N-ethyl adjacent to an activating group) is 1. The average molecular weight is 383 g/mol. The highest BCUT2D eigenvalue weighted by Crippen LogP contribution is 2.24. The van der Waals surface area contributed by atoms with E-state index >= 15 is 0 Å². The SMILES string of the molecule is CN(CS(=O)(=O)c1cccc2ccccc12)C(Cc1ccccc1)C(=O)O. The van der Waals surface area contributed by atoms with Gasteiger partial charge < -0.3 is 5.11 Å². The molecule has 0 radical (unpaired) electrons. The van der Waals surface area contributed by atoms with Gasteiger partial charge >= 0.3 is 5.97 Å². The number of hydrogen-bond donors (Lipinski definition) is 1. The third-order valence-electron chi connectivity index (χ3n) is 4.55. The summed E-state index contributed by atoms with van der Waals surface area (Å²) in [6.07, 6.45) is 0.234. The second kappa shape index (κ2) is 7.90. The zero-order chi connectivity index (χ0) is 19.4. The number of carbonyl (C=O) groups is 1. The molecule has 1 unspecified atom stereocenters. The molecule has 0 bridgehead atoms. The average Bonchev–Trinajstić information content (AvgIpc) is 2.65. The van der Waals surface area contributed by atoms with Crippen LogP contribution in [0.15, 0.2) is 77.7 Å². The summed E-state index contributed by atoms with van der Waals surface area (Å²) >= 11 is 0. The number of benzene rings is 3. The van der Waals surface area contributed by atoms with Gasteiger partial charge in [-0.3, -0.25) is 9.69 Å². The van der Waals surface area contributed by atoms with E-state index in [0.29, 0.717) is 5.39 Å². The van der Waals surface area contributed by atoms with Crippen molar-refractivity contribution < 1.29 is 18.3 Å². The lowest BCUT2D eigenvalue weighted by molar-refractivity contribution is -0.142. The van der Waals surface area contributed by atoms with E-state index in [0.717, 1.165) is 10.9 Å². The first-order valence-corrected chi connectivity index (χ1v) is 10.2. The van der Waals surface area contributed by atoms with Gasteiger partial charge in [-0.05, 0) is 30.5 Å². The van der Waals surface area contributed by atoms with Crippen LogP contribution in [0, 0.1) is 0 Å². The fraction of sp³-hybridized carbons (Fsp3) is 0.190. The maximum Gasteiger partial charge on any atom is 0.321 e. The Bertz CT molecular complexity index is 1040. The molecule has 1 N–H and O–H groups in total. The topological polar surface area (TPSA) is 74.7 Å². The summed E-state index contributed by atoms with van der Waals surface area (Å²) in [5.74, 6) is -1.42. The van der Waals surface area contributed by atoms with Crippen LogP contribution < -0.4 is 0 Å². The molecule has 0 aliphatic rings. The Morgan fingerprint density at radius 3 is 2.30 bits per heavy atom. The second-order valence-electron chi connectivity index (χ2n) is 6.52. The second-order valence-corrected chi connectivity index (χ2v) is 8.45. The van der Waals surface area contributed by atoms with Crippen molar-refractivity contribution in [3.05, 3.63) is 78.4 Å². The van der Waals surface area contributed by atoms with Crippen LogP contribution in [0.5, 0.6) is 0 Å². The van der Waals surface area contributed by atoms with Gasteiger partial charge in [0.15, 0.2) is 9.84 Å². The fourth-order valence-corrected chi connectivity index (χ4v) is 4.83. The maximum atomic E-state index is 13.0. The molecule has 0 fully saturated rings. The van der Waals surface area contributed by atoms with Crippen LogP contribution in [-0.2, 0) is 21.1 Å². The molecule has 0 aliphatic carbocycles. The highest BCUT2D eigenvalue weighted by atomic mass is 32.2. The molecule has 0 aromatic heterocycles. The summed E-state index contributed by atoms with van der Waals surface area (Å²) in [5.41, 5.74) is 0.847. The summed E-state index contributed by atoms with van der Waals surface area (Å²) in [4.78, 5) is 13.3. The molecule has 0 amide bonds. The highest BCUT2D eigenvalue weighted by Gasteiger charge is 2.28. The molecule has 27 heavy (non-hydrogen) atoms. The Kier molecular flexibility index (Phi) is 5.58. The van der Waals surface area contributed by atoms with E-state index in [1.54, 1.807) is 24.3 Å². The van der Waals surface area contributed by atoms with E-state index in [4.69, 9.17) is 0 Å². The van der Waals surface area contributed by atoms with Gasteiger partial charge in [-0.2, -0.15) is 0 Å². The number of carboxylic acid groups (broad SMARTS) is 1. The largest absolute Gasteiger partial charge is 0.480 e. The first-order chi connectivity index (χ1) is 12.9. The maximum absolute atomic E-state index is 13.0. The van der Waals surface area contributed by atoms with Crippen LogP contribution in [0.3, 0.4) is 0 Å². The number of fused-ring (bicyclic) bond motifs is 1. The predicted molar refractivity (Wildman–Crippen MR) is 105 cm³/mol. The van der Waals surface area contributed by atoms with Gasteiger partial charge in [-0.25, -0.2) is 8.42 Å². The number of hydrogen-bond acceptors (Lipinski definition) is 4. The molecule has 0 spiro atoms. The van der Waals surface area contributed by atoms with Gasteiger partial charge in [-0.15, -0.1) is 0 Å². The minimum atomic E-state index is -3.69. The van der Waals surface area contributed by atoms with Crippen molar-refractivity contribution in [2.24, 2.45) is 0 Å². The summed E-state index contributed by atoms with van der Waals surface area (Å²) in [5, 5.41) is 11.1. The van der Waals surface area contributed by atoms with Gasteiger partial charge in [0.2, 0.25) is 0 Å². The molecule has 6 heteroatoms. The Hall–Kier alpha value is -2.70. The van der Waals surface area contributed by atoms with Gasteiger partial charge in [0.1, 0.15) is 11.9 Å². The summed E-state index contributed by atoms with van der Waals surface area (Å²) < 4.78 is 26.0. The number of nitrogens with zero attached hydrogens (tertiary/aromatic N) is 1. The standard InChI is InChI=1S/C21H21NO4S/c1-22(19(21(23)24)14-16-8-3-2-4-9-16)15-27(25,26)20-13-7-11-17-10-5-6-12-18(17)20/h2-13,19H,14-15H2,1H3,(H,23,24). The molecule has 140 valence electrons. The third-order valence-corrected chi connectivity index (χ3v) is 6.32. The minimum absolute atomic E-state index is 0.219. The summed E-state index contributed by atoms with van der Waals surface area (Å²) in [6, 6.07) is 20.7.